The fraction of sp³-hybridized carbons (Fsp3) is 0.613. The topological polar surface area (TPSA) is 90.5 Å². The number of carbonyl (C=O) groups is 2. The molecule has 1 atom stereocenters. The molecule has 45 heavy (non-hydrogen) atoms. The molecular formula is C31H40F6N6O2. The zero-order valence-corrected chi connectivity index (χ0v) is 25.3. The third-order valence-corrected chi connectivity index (χ3v) is 8.39. The number of amides is 2. The van der Waals surface area contributed by atoms with E-state index in [-0.39, 0.29) is 29.9 Å². The van der Waals surface area contributed by atoms with Crippen LogP contribution in [0.2, 0.25) is 0 Å². The fourth-order valence-electron chi connectivity index (χ4n) is 5.99. The third kappa shape index (κ3) is 9.70. The number of anilines is 2. The number of benzene rings is 1. The molecule has 2 aliphatic heterocycles. The van der Waals surface area contributed by atoms with Gasteiger partial charge < -0.3 is 20.4 Å². The lowest BCUT2D eigenvalue weighted by atomic mass is 9.92. The summed E-state index contributed by atoms with van der Waals surface area (Å²) in [7, 11) is 0. The molecule has 2 N–H and O–H groups in total. The number of rotatable bonds is 12. The Hall–Kier alpha value is -3.58. The van der Waals surface area contributed by atoms with Crippen LogP contribution in [0.1, 0.15) is 75.2 Å². The van der Waals surface area contributed by atoms with E-state index in [0.717, 1.165) is 37.8 Å². The van der Waals surface area contributed by atoms with Crippen molar-refractivity contribution in [2.75, 3.05) is 42.5 Å². The number of carbonyl (C=O) groups excluding carboxylic acids is 2. The van der Waals surface area contributed by atoms with Crippen LogP contribution in [0.25, 0.3) is 0 Å². The lowest BCUT2D eigenvalue weighted by Crippen LogP contribution is -2.38. The number of halogens is 6. The van der Waals surface area contributed by atoms with Gasteiger partial charge >= 0.3 is 18.4 Å². The minimum absolute atomic E-state index is 0.0736. The zero-order chi connectivity index (χ0) is 32.6. The standard InChI is InChI=1S/C31H40F6N6O2/c1-2-38-29(45)39-16-4-7-22-14-18-42(19-15-22)26-20-27(41-28(40-26)31(35,36)37)43-17-5-8-24(43)25(44)9-3-6-21-10-12-23(13-11-21)30(32,33)34/h10-13,20,22,24H,2-9,14-19H2,1H3,(H2,38,39,45)/t24-/m0/s1. The van der Waals surface area contributed by atoms with Gasteiger partial charge in [0.25, 0.3) is 0 Å². The first-order valence-electron chi connectivity index (χ1n) is 15.5. The number of ketones is 1. The van der Waals surface area contributed by atoms with Crippen molar-refractivity contribution < 1.29 is 35.9 Å². The molecule has 2 aliphatic rings. The lowest BCUT2D eigenvalue weighted by Gasteiger charge is -2.34. The number of nitrogens with zero attached hydrogens (tertiary/aromatic N) is 4. The maximum Gasteiger partial charge on any atom is 0.451 e. The van der Waals surface area contributed by atoms with Crippen LogP contribution in [0.5, 0.6) is 0 Å². The number of aromatic nitrogens is 2. The summed E-state index contributed by atoms with van der Waals surface area (Å²) < 4.78 is 80.1. The first-order chi connectivity index (χ1) is 21.3. The van der Waals surface area contributed by atoms with Crippen LogP contribution in [0.15, 0.2) is 30.3 Å². The highest BCUT2D eigenvalue weighted by molar-refractivity contribution is 5.87. The molecule has 248 valence electrons. The normalized spacial score (nSPS) is 17.9. The highest BCUT2D eigenvalue weighted by atomic mass is 19.4. The van der Waals surface area contributed by atoms with Crippen LogP contribution >= 0.6 is 0 Å². The summed E-state index contributed by atoms with van der Waals surface area (Å²) in [6.07, 6.45) is -3.82. The minimum Gasteiger partial charge on any atom is -0.356 e. The molecule has 1 aromatic carbocycles. The summed E-state index contributed by atoms with van der Waals surface area (Å²) >= 11 is 0. The molecule has 8 nitrogen and oxygen atoms in total. The Morgan fingerprint density at radius 1 is 0.889 bits per heavy atom. The number of hydrogen-bond acceptors (Lipinski definition) is 6. The van der Waals surface area contributed by atoms with Crippen LogP contribution in [0.4, 0.5) is 42.8 Å². The summed E-state index contributed by atoms with van der Waals surface area (Å²) in [4.78, 5) is 35.9. The van der Waals surface area contributed by atoms with Gasteiger partial charge in [-0.05, 0) is 81.9 Å². The van der Waals surface area contributed by atoms with E-state index in [0.29, 0.717) is 69.9 Å². The molecule has 0 bridgehead atoms. The number of alkyl halides is 6. The third-order valence-electron chi connectivity index (χ3n) is 8.39. The van der Waals surface area contributed by atoms with Crippen molar-refractivity contribution in [1.82, 2.24) is 20.6 Å². The van der Waals surface area contributed by atoms with Crippen LogP contribution in [-0.2, 0) is 23.6 Å². The van der Waals surface area contributed by atoms with E-state index in [4.69, 9.17) is 0 Å². The monoisotopic (exact) mass is 642 g/mol. The van der Waals surface area contributed by atoms with Gasteiger partial charge in [-0.3, -0.25) is 4.79 Å². The molecule has 2 saturated heterocycles. The van der Waals surface area contributed by atoms with Gasteiger partial charge in [-0.15, -0.1) is 0 Å². The second-order valence-corrected chi connectivity index (χ2v) is 11.6. The van der Waals surface area contributed by atoms with Gasteiger partial charge in [-0.1, -0.05) is 12.1 Å². The van der Waals surface area contributed by atoms with Crippen molar-refractivity contribution >= 4 is 23.5 Å². The second kappa shape index (κ2) is 15.1. The molecule has 0 saturated carbocycles. The molecule has 2 fully saturated rings. The van der Waals surface area contributed by atoms with E-state index < -0.39 is 29.8 Å². The summed E-state index contributed by atoms with van der Waals surface area (Å²) in [5, 5.41) is 5.48. The van der Waals surface area contributed by atoms with Gasteiger partial charge in [0.2, 0.25) is 5.82 Å². The lowest BCUT2D eigenvalue weighted by molar-refractivity contribution is -0.144. The first kappa shape index (κ1) is 34.3. The summed E-state index contributed by atoms with van der Waals surface area (Å²) in [6, 6.07) is 5.53. The van der Waals surface area contributed by atoms with Crippen LogP contribution < -0.4 is 20.4 Å². The predicted molar refractivity (Wildman–Crippen MR) is 158 cm³/mol. The molecule has 0 radical (unpaired) electrons. The molecule has 1 aromatic heterocycles. The van der Waals surface area contributed by atoms with E-state index in [1.807, 2.05) is 11.8 Å². The van der Waals surface area contributed by atoms with Crippen LogP contribution in [0, 0.1) is 5.92 Å². The van der Waals surface area contributed by atoms with E-state index in [1.54, 1.807) is 11.0 Å². The van der Waals surface area contributed by atoms with Crippen molar-refractivity contribution in [3.63, 3.8) is 0 Å². The Kier molecular flexibility index (Phi) is 11.5. The smallest absolute Gasteiger partial charge is 0.356 e. The Labute approximate surface area is 259 Å². The van der Waals surface area contributed by atoms with Gasteiger partial charge in [0.05, 0.1) is 11.6 Å². The molecule has 3 heterocycles. The maximum atomic E-state index is 13.9. The SMILES string of the molecule is CCNC(=O)NCCCC1CCN(c2cc(N3CCC[C@H]3C(=O)CCCc3ccc(C(F)(F)F)cc3)nc(C(F)(F)F)n2)CC1. The highest BCUT2D eigenvalue weighted by Crippen LogP contribution is 2.35. The molecule has 0 spiro atoms. The van der Waals surface area contributed by atoms with E-state index in [9.17, 15) is 35.9 Å². The van der Waals surface area contributed by atoms with Crippen molar-refractivity contribution in [2.24, 2.45) is 5.92 Å². The van der Waals surface area contributed by atoms with Crippen molar-refractivity contribution in [2.45, 2.75) is 83.1 Å². The number of hydrogen-bond donors (Lipinski definition) is 2. The minimum atomic E-state index is -4.76. The number of aryl methyl sites for hydroxylation is 1. The molecule has 0 unspecified atom stereocenters. The Bertz CT molecular complexity index is 1280. The molecule has 2 amide bonds. The maximum absolute atomic E-state index is 13.9. The van der Waals surface area contributed by atoms with Gasteiger partial charge in [-0.25, -0.2) is 14.8 Å². The largest absolute Gasteiger partial charge is 0.451 e. The average molecular weight is 643 g/mol. The number of Topliss-reactive ketones (excluding diaryl/α,β-unsaturated/α-hetero) is 1. The fourth-order valence-corrected chi connectivity index (χ4v) is 5.99. The predicted octanol–water partition coefficient (Wildman–Crippen LogP) is 6.39. The van der Waals surface area contributed by atoms with Gasteiger partial charge in [-0.2, -0.15) is 26.3 Å². The van der Waals surface area contributed by atoms with Gasteiger partial charge in [0.1, 0.15) is 11.6 Å². The van der Waals surface area contributed by atoms with E-state index in [2.05, 4.69) is 20.6 Å². The van der Waals surface area contributed by atoms with Crippen molar-refractivity contribution in [3.8, 4) is 0 Å². The van der Waals surface area contributed by atoms with Gasteiger partial charge in [0.15, 0.2) is 5.78 Å². The first-order valence-corrected chi connectivity index (χ1v) is 15.5. The Morgan fingerprint density at radius 3 is 2.22 bits per heavy atom. The molecule has 0 aliphatic carbocycles. The summed E-state index contributed by atoms with van der Waals surface area (Å²) in [5.74, 6) is -0.720. The van der Waals surface area contributed by atoms with E-state index in [1.165, 1.54) is 12.1 Å². The van der Waals surface area contributed by atoms with Crippen molar-refractivity contribution in [3.05, 3.63) is 47.3 Å². The zero-order valence-electron chi connectivity index (χ0n) is 25.3. The summed E-state index contributed by atoms with van der Waals surface area (Å²) in [6.45, 7) is 4.40. The molecular weight excluding hydrogens is 602 g/mol. The van der Waals surface area contributed by atoms with E-state index >= 15 is 0 Å². The number of urea groups is 1. The van der Waals surface area contributed by atoms with Crippen molar-refractivity contribution in [1.29, 1.82) is 0 Å². The molecule has 2 aromatic rings. The highest BCUT2D eigenvalue weighted by Gasteiger charge is 2.39. The second-order valence-electron chi connectivity index (χ2n) is 11.6. The number of piperidine rings is 1. The number of nitrogens with one attached hydrogen (secondary N) is 2. The van der Waals surface area contributed by atoms with Crippen LogP contribution in [0.3, 0.4) is 0 Å². The quantitative estimate of drug-likeness (QED) is 0.206. The summed E-state index contributed by atoms with van der Waals surface area (Å²) in [5.41, 5.74) is -0.0627. The van der Waals surface area contributed by atoms with Gasteiger partial charge in [0, 0.05) is 45.2 Å². The Balaban J connectivity index is 1.36. The van der Waals surface area contributed by atoms with Crippen LogP contribution in [-0.4, -0.2) is 60.5 Å². The average Bonchev–Trinajstić information content (AvgIpc) is 3.49. The molecule has 4 rings (SSSR count). The molecule has 14 heteroatoms. The Morgan fingerprint density at radius 2 is 1.58 bits per heavy atom.